The van der Waals surface area contributed by atoms with Crippen LogP contribution in [0.4, 0.5) is 0 Å². The van der Waals surface area contributed by atoms with E-state index in [9.17, 15) is 9.59 Å². The predicted molar refractivity (Wildman–Crippen MR) is 65.6 cm³/mol. The average Bonchev–Trinajstić information content (AvgIpc) is 2.34. The van der Waals surface area contributed by atoms with E-state index < -0.39 is 17.9 Å². The Balaban J connectivity index is 2.45. The first-order valence-corrected chi connectivity index (χ1v) is 5.50. The van der Waals surface area contributed by atoms with Gasteiger partial charge in [0, 0.05) is 6.54 Å². The van der Waals surface area contributed by atoms with Gasteiger partial charge in [-0.05, 0) is 19.1 Å². The number of rotatable bonds is 7. The number of carbonyl (C=O) groups is 2. The highest BCUT2D eigenvalue weighted by Gasteiger charge is 2.10. The van der Waals surface area contributed by atoms with Gasteiger partial charge in [0.15, 0.2) is 0 Å². The number of nitrogens with one attached hydrogen (secondary N) is 1. The van der Waals surface area contributed by atoms with Crippen molar-refractivity contribution in [1.29, 1.82) is 0 Å². The minimum absolute atomic E-state index is 0.112. The summed E-state index contributed by atoms with van der Waals surface area (Å²) in [5.74, 6) is -1.18. The Labute approximate surface area is 105 Å². The Morgan fingerprint density at radius 1 is 1.44 bits per heavy atom. The van der Waals surface area contributed by atoms with Crippen molar-refractivity contribution in [2.24, 2.45) is 5.73 Å². The van der Waals surface area contributed by atoms with E-state index in [1.54, 1.807) is 25.1 Å². The van der Waals surface area contributed by atoms with Crippen molar-refractivity contribution in [3.63, 3.8) is 0 Å². The number of carboxylic acid groups (broad SMARTS) is 1. The van der Waals surface area contributed by atoms with Gasteiger partial charge in [0.1, 0.15) is 17.9 Å². The summed E-state index contributed by atoms with van der Waals surface area (Å²) in [5, 5.41) is 11.8. The third kappa shape index (κ3) is 4.06. The van der Waals surface area contributed by atoms with Gasteiger partial charge in [0.25, 0.3) is 0 Å². The first-order chi connectivity index (χ1) is 8.52. The molecule has 1 rings (SSSR count). The van der Waals surface area contributed by atoms with E-state index in [0.29, 0.717) is 12.3 Å². The van der Waals surface area contributed by atoms with E-state index in [4.69, 9.17) is 15.6 Å². The number of para-hydroxylation sites is 1. The van der Waals surface area contributed by atoms with Crippen LogP contribution in [0.3, 0.4) is 0 Å². The number of ether oxygens (including phenoxy) is 1. The van der Waals surface area contributed by atoms with Gasteiger partial charge < -0.3 is 20.9 Å². The molecule has 0 aliphatic heterocycles. The maximum Gasteiger partial charge on any atom is 0.339 e. The Hall–Kier alpha value is -2.08. The minimum Gasteiger partial charge on any atom is -0.491 e. The second kappa shape index (κ2) is 6.61. The Morgan fingerprint density at radius 2 is 2.11 bits per heavy atom. The van der Waals surface area contributed by atoms with E-state index >= 15 is 0 Å². The van der Waals surface area contributed by atoms with Crippen LogP contribution < -0.4 is 15.8 Å². The third-order valence-electron chi connectivity index (χ3n) is 2.35. The molecule has 1 amide bonds. The van der Waals surface area contributed by atoms with Crippen molar-refractivity contribution in [1.82, 2.24) is 5.32 Å². The highest BCUT2D eigenvalue weighted by atomic mass is 16.5. The molecule has 0 radical (unpaired) electrons. The molecule has 98 valence electrons. The van der Waals surface area contributed by atoms with Crippen LogP contribution in [0.2, 0.25) is 0 Å². The first-order valence-electron chi connectivity index (χ1n) is 5.50. The molecule has 6 heteroatoms. The number of primary amides is 1. The summed E-state index contributed by atoms with van der Waals surface area (Å²) in [7, 11) is 0. The smallest absolute Gasteiger partial charge is 0.339 e. The fourth-order valence-corrected chi connectivity index (χ4v) is 1.31. The van der Waals surface area contributed by atoms with Crippen molar-refractivity contribution < 1.29 is 19.4 Å². The molecule has 1 aromatic carbocycles. The van der Waals surface area contributed by atoms with Gasteiger partial charge >= 0.3 is 5.97 Å². The van der Waals surface area contributed by atoms with E-state index in [1.807, 2.05) is 0 Å². The van der Waals surface area contributed by atoms with E-state index in [-0.39, 0.29) is 12.2 Å². The molecule has 0 fully saturated rings. The lowest BCUT2D eigenvalue weighted by Gasteiger charge is -2.12. The van der Waals surface area contributed by atoms with E-state index in [0.717, 1.165) is 0 Å². The van der Waals surface area contributed by atoms with Gasteiger partial charge in [0.2, 0.25) is 5.91 Å². The number of aromatic carboxylic acids is 1. The fraction of sp³-hybridized carbons (Fsp3) is 0.333. The molecular formula is C12H16N2O4. The van der Waals surface area contributed by atoms with E-state index in [2.05, 4.69) is 5.32 Å². The number of nitrogens with two attached hydrogens (primary N) is 1. The fourth-order valence-electron chi connectivity index (χ4n) is 1.31. The van der Waals surface area contributed by atoms with E-state index in [1.165, 1.54) is 6.07 Å². The predicted octanol–water partition coefficient (Wildman–Crippen LogP) is 0.227. The van der Waals surface area contributed by atoms with Gasteiger partial charge in [-0.25, -0.2) is 4.79 Å². The molecule has 0 aliphatic carbocycles. The molecule has 0 saturated carbocycles. The number of carbonyl (C=O) groups excluding carboxylic acids is 1. The first kappa shape index (κ1) is 14.0. The molecule has 1 atom stereocenters. The normalized spacial score (nSPS) is 11.8. The lowest BCUT2D eigenvalue weighted by atomic mass is 10.2. The van der Waals surface area contributed by atoms with Gasteiger partial charge in [0.05, 0.1) is 6.04 Å². The largest absolute Gasteiger partial charge is 0.491 e. The van der Waals surface area contributed by atoms with Crippen LogP contribution >= 0.6 is 0 Å². The van der Waals surface area contributed by atoms with Crippen LogP contribution in [0.25, 0.3) is 0 Å². The van der Waals surface area contributed by atoms with Crippen molar-refractivity contribution >= 4 is 11.9 Å². The molecule has 0 aromatic heterocycles. The van der Waals surface area contributed by atoms with Crippen LogP contribution in [0, 0.1) is 0 Å². The van der Waals surface area contributed by atoms with Gasteiger partial charge in [-0.1, -0.05) is 12.1 Å². The molecule has 0 bridgehead atoms. The van der Waals surface area contributed by atoms with Gasteiger partial charge in [-0.2, -0.15) is 0 Å². The molecule has 1 unspecified atom stereocenters. The maximum absolute atomic E-state index is 10.9. The van der Waals surface area contributed by atoms with Crippen molar-refractivity contribution in [3.8, 4) is 5.75 Å². The summed E-state index contributed by atoms with van der Waals surface area (Å²) in [6.45, 7) is 2.30. The summed E-state index contributed by atoms with van der Waals surface area (Å²) >= 11 is 0. The Bertz CT molecular complexity index is 434. The molecule has 0 spiro atoms. The van der Waals surface area contributed by atoms with Crippen molar-refractivity contribution in [3.05, 3.63) is 29.8 Å². The van der Waals surface area contributed by atoms with Crippen LogP contribution in [0.5, 0.6) is 5.75 Å². The zero-order chi connectivity index (χ0) is 13.5. The molecule has 6 nitrogen and oxygen atoms in total. The lowest BCUT2D eigenvalue weighted by molar-refractivity contribution is -0.119. The monoisotopic (exact) mass is 252 g/mol. The SMILES string of the molecule is CC(NCCOc1ccccc1C(=O)O)C(N)=O. The van der Waals surface area contributed by atoms with Crippen LogP contribution in [0.1, 0.15) is 17.3 Å². The molecular weight excluding hydrogens is 236 g/mol. The van der Waals surface area contributed by atoms with Crippen LogP contribution in [0.15, 0.2) is 24.3 Å². The summed E-state index contributed by atoms with van der Waals surface area (Å²) in [4.78, 5) is 21.6. The average molecular weight is 252 g/mol. The quantitative estimate of drug-likeness (QED) is 0.603. The second-order valence-electron chi connectivity index (χ2n) is 3.73. The van der Waals surface area contributed by atoms with Crippen molar-refractivity contribution in [2.75, 3.05) is 13.2 Å². The minimum atomic E-state index is -1.04. The molecule has 4 N–H and O–H groups in total. The molecule has 18 heavy (non-hydrogen) atoms. The molecule has 0 saturated heterocycles. The number of hydrogen-bond acceptors (Lipinski definition) is 4. The highest BCUT2D eigenvalue weighted by Crippen LogP contribution is 2.17. The van der Waals surface area contributed by atoms with Crippen molar-refractivity contribution in [2.45, 2.75) is 13.0 Å². The summed E-state index contributed by atoms with van der Waals surface area (Å²) in [6.07, 6.45) is 0. The molecule has 0 aliphatic rings. The number of amides is 1. The summed E-state index contributed by atoms with van der Waals surface area (Å²) in [5.41, 5.74) is 5.18. The highest BCUT2D eigenvalue weighted by molar-refractivity contribution is 5.90. The standard InChI is InChI=1S/C12H16N2O4/c1-8(11(13)15)14-6-7-18-10-5-3-2-4-9(10)12(16)17/h2-5,8,14H,6-7H2,1H3,(H2,13,15)(H,16,17). The zero-order valence-electron chi connectivity index (χ0n) is 10.1. The molecule has 1 aromatic rings. The topological polar surface area (TPSA) is 102 Å². The summed E-state index contributed by atoms with van der Waals surface area (Å²) < 4.78 is 5.33. The second-order valence-corrected chi connectivity index (χ2v) is 3.73. The maximum atomic E-state index is 10.9. The van der Waals surface area contributed by atoms with Gasteiger partial charge in [-0.15, -0.1) is 0 Å². The van der Waals surface area contributed by atoms with Crippen LogP contribution in [-0.2, 0) is 4.79 Å². The molecule has 0 heterocycles. The summed E-state index contributed by atoms with van der Waals surface area (Å²) in [6, 6.07) is 5.94. The number of carboxylic acids is 1. The Morgan fingerprint density at radius 3 is 2.72 bits per heavy atom. The number of benzene rings is 1. The Kier molecular flexibility index (Phi) is 5.13. The van der Waals surface area contributed by atoms with Gasteiger partial charge in [-0.3, -0.25) is 4.79 Å². The zero-order valence-corrected chi connectivity index (χ0v) is 10.1. The number of hydrogen-bond donors (Lipinski definition) is 3. The third-order valence-corrected chi connectivity index (χ3v) is 2.35. The van der Waals surface area contributed by atoms with Crippen LogP contribution in [-0.4, -0.2) is 36.2 Å². The lowest BCUT2D eigenvalue weighted by Crippen LogP contribution is -2.40.